The van der Waals surface area contributed by atoms with Crippen LogP contribution in [-0.2, 0) is 0 Å². The molecule has 18 heavy (non-hydrogen) atoms. The Morgan fingerprint density at radius 3 is 2.44 bits per heavy atom. The van der Waals surface area contributed by atoms with Crippen molar-refractivity contribution in [1.82, 2.24) is 10.2 Å². The third kappa shape index (κ3) is 4.43. The topological polar surface area (TPSA) is 15.3 Å². The molecule has 1 N–H and O–H groups in total. The van der Waals surface area contributed by atoms with E-state index in [1.807, 2.05) is 11.8 Å². The molecule has 1 fully saturated rings. The number of thioether (sulfide) groups is 1. The molecule has 0 aromatic rings. The van der Waals surface area contributed by atoms with E-state index in [1.165, 1.54) is 19.5 Å². The Balaban J connectivity index is 2.64. The number of piperazine rings is 1. The lowest BCUT2D eigenvalue weighted by Gasteiger charge is -2.45. The lowest BCUT2D eigenvalue weighted by molar-refractivity contribution is 0.0835. The highest BCUT2D eigenvalue weighted by atomic mass is 32.2. The lowest BCUT2D eigenvalue weighted by atomic mass is 9.92. The minimum absolute atomic E-state index is 0.680. The van der Waals surface area contributed by atoms with Crippen molar-refractivity contribution in [2.24, 2.45) is 11.8 Å². The molecule has 108 valence electrons. The second-order valence-electron chi connectivity index (χ2n) is 6.21. The van der Waals surface area contributed by atoms with E-state index in [9.17, 15) is 0 Å². The molecule has 0 saturated carbocycles. The average molecular weight is 273 g/mol. The summed E-state index contributed by atoms with van der Waals surface area (Å²) in [7, 11) is 0. The molecule has 4 atom stereocenters. The van der Waals surface area contributed by atoms with Crippen molar-refractivity contribution in [2.75, 3.05) is 25.9 Å². The number of rotatable bonds is 6. The Labute approximate surface area is 118 Å². The van der Waals surface area contributed by atoms with Crippen LogP contribution in [0.15, 0.2) is 0 Å². The van der Waals surface area contributed by atoms with Gasteiger partial charge in [0.05, 0.1) is 0 Å². The molecule has 1 rings (SSSR count). The summed E-state index contributed by atoms with van der Waals surface area (Å²) in [5.41, 5.74) is 0. The maximum absolute atomic E-state index is 3.77. The smallest absolute Gasteiger partial charge is 0.0244 e. The molecule has 1 saturated heterocycles. The van der Waals surface area contributed by atoms with Crippen molar-refractivity contribution < 1.29 is 0 Å². The van der Waals surface area contributed by atoms with Gasteiger partial charge in [0.2, 0.25) is 0 Å². The van der Waals surface area contributed by atoms with Crippen LogP contribution < -0.4 is 5.32 Å². The lowest BCUT2D eigenvalue weighted by Crippen LogP contribution is -2.60. The van der Waals surface area contributed by atoms with Crippen LogP contribution in [0, 0.1) is 11.8 Å². The van der Waals surface area contributed by atoms with Gasteiger partial charge in [0, 0.05) is 37.0 Å². The van der Waals surface area contributed by atoms with Crippen molar-refractivity contribution in [3.8, 4) is 0 Å². The molecular weight excluding hydrogens is 240 g/mol. The van der Waals surface area contributed by atoms with E-state index in [0.29, 0.717) is 12.1 Å². The standard InChI is InChI=1S/C15H32N2S/c1-7-12(4)14-10-17(9-13(5)18-6)15(8-16-14)11(2)3/h11-16H,7-10H2,1-6H3. The minimum atomic E-state index is 0.680. The molecule has 2 nitrogen and oxygen atoms in total. The predicted octanol–water partition coefficient (Wildman–Crippen LogP) is 3.08. The molecule has 0 bridgehead atoms. The number of nitrogens with one attached hydrogen (secondary N) is 1. The third-order valence-electron chi connectivity index (χ3n) is 4.48. The van der Waals surface area contributed by atoms with Crippen LogP contribution in [0.25, 0.3) is 0 Å². The van der Waals surface area contributed by atoms with Crippen LogP contribution in [0.1, 0.15) is 41.0 Å². The first kappa shape index (κ1) is 16.3. The van der Waals surface area contributed by atoms with Gasteiger partial charge in [-0.25, -0.2) is 0 Å². The maximum atomic E-state index is 3.77. The zero-order chi connectivity index (χ0) is 13.7. The summed E-state index contributed by atoms with van der Waals surface area (Å²) in [6.07, 6.45) is 3.50. The van der Waals surface area contributed by atoms with Gasteiger partial charge < -0.3 is 5.32 Å². The van der Waals surface area contributed by atoms with Crippen molar-refractivity contribution in [3.63, 3.8) is 0 Å². The van der Waals surface area contributed by atoms with Gasteiger partial charge >= 0.3 is 0 Å². The molecule has 0 spiro atoms. The van der Waals surface area contributed by atoms with E-state index in [-0.39, 0.29) is 0 Å². The SMILES string of the molecule is CCC(C)C1CN(CC(C)SC)C(C(C)C)CN1. The van der Waals surface area contributed by atoms with Crippen molar-refractivity contribution in [1.29, 1.82) is 0 Å². The molecule has 3 heteroatoms. The van der Waals surface area contributed by atoms with E-state index in [2.05, 4.69) is 51.1 Å². The van der Waals surface area contributed by atoms with E-state index in [4.69, 9.17) is 0 Å². The number of hydrogen-bond acceptors (Lipinski definition) is 3. The molecule has 1 heterocycles. The first-order valence-corrected chi connectivity index (χ1v) is 8.78. The fraction of sp³-hybridized carbons (Fsp3) is 1.00. The Bertz CT molecular complexity index is 233. The van der Waals surface area contributed by atoms with Crippen LogP contribution in [0.4, 0.5) is 0 Å². The van der Waals surface area contributed by atoms with Gasteiger partial charge in [0.1, 0.15) is 0 Å². The summed E-state index contributed by atoms with van der Waals surface area (Å²) >= 11 is 1.99. The third-order valence-corrected chi connectivity index (χ3v) is 5.44. The Hall–Kier alpha value is 0.270. The largest absolute Gasteiger partial charge is 0.311 e. The number of hydrogen-bond donors (Lipinski definition) is 1. The molecule has 0 aromatic heterocycles. The Kier molecular flexibility index (Phi) is 7.04. The molecule has 0 aliphatic carbocycles. The van der Waals surface area contributed by atoms with E-state index in [0.717, 1.165) is 23.6 Å². The molecule has 1 aliphatic rings. The highest BCUT2D eigenvalue weighted by molar-refractivity contribution is 7.99. The van der Waals surface area contributed by atoms with Crippen molar-refractivity contribution >= 4 is 11.8 Å². The van der Waals surface area contributed by atoms with Crippen molar-refractivity contribution in [3.05, 3.63) is 0 Å². The maximum Gasteiger partial charge on any atom is 0.0244 e. The van der Waals surface area contributed by atoms with Crippen LogP contribution in [0.2, 0.25) is 0 Å². The van der Waals surface area contributed by atoms with E-state index >= 15 is 0 Å². The summed E-state index contributed by atoms with van der Waals surface area (Å²) in [5.74, 6) is 1.52. The summed E-state index contributed by atoms with van der Waals surface area (Å²) in [6, 6.07) is 1.39. The molecule has 0 radical (unpaired) electrons. The molecule has 1 aliphatic heterocycles. The van der Waals surface area contributed by atoms with Gasteiger partial charge in [-0.3, -0.25) is 4.90 Å². The minimum Gasteiger partial charge on any atom is -0.311 e. The summed E-state index contributed by atoms with van der Waals surface area (Å²) in [5, 5.41) is 4.51. The number of nitrogens with zero attached hydrogens (tertiary/aromatic N) is 1. The van der Waals surface area contributed by atoms with Gasteiger partial charge in [-0.1, -0.05) is 41.0 Å². The van der Waals surface area contributed by atoms with E-state index < -0.39 is 0 Å². The second-order valence-corrected chi connectivity index (χ2v) is 7.49. The summed E-state index contributed by atoms with van der Waals surface area (Å²) in [4.78, 5) is 2.74. The van der Waals surface area contributed by atoms with Crippen molar-refractivity contribution in [2.45, 2.75) is 58.4 Å². The highest BCUT2D eigenvalue weighted by Gasteiger charge is 2.32. The van der Waals surface area contributed by atoms with E-state index in [1.54, 1.807) is 0 Å². The van der Waals surface area contributed by atoms with Gasteiger partial charge in [0.15, 0.2) is 0 Å². The molecule has 0 aromatic carbocycles. The van der Waals surface area contributed by atoms with Gasteiger partial charge in [-0.2, -0.15) is 11.8 Å². The zero-order valence-electron chi connectivity index (χ0n) is 13.1. The first-order valence-electron chi connectivity index (χ1n) is 7.49. The molecule has 0 amide bonds. The van der Waals surface area contributed by atoms with Crippen LogP contribution in [0.3, 0.4) is 0 Å². The fourth-order valence-electron chi connectivity index (χ4n) is 2.79. The predicted molar refractivity (Wildman–Crippen MR) is 84.4 cm³/mol. The molecular formula is C15H32N2S. The second kappa shape index (κ2) is 7.76. The van der Waals surface area contributed by atoms with Gasteiger partial charge in [0.25, 0.3) is 0 Å². The van der Waals surface area contributed by atoms with Gasteiger partial charge in [-0.15, -0.1) is 0 Å². The first-order chi connectivity index (χ1) is 8.49. The highest BCUT2D eigenvalue weighted by Crippen LogP contribution is 2.21. The summed E-state index contributed by atoms with van der Waals surface area (Å²) in [6.45, 7) is 15.4. The fourth-order valence-corrected chi connectivity index (χ4v) is 3.13. The quantitative estimate of drug-likeness (QED) is 0.800. The molecule has 4 unspecified atom stereocenters. The Morgan fingerprint density at radius 1 is 1.28 bits per heavy atom. The van der Waals surface area contributed by atoms with Crippen LogP contribution in [0.5, 0.6) is 0 Å². The summed E-state index contributed by atoms with van der Waals surface area (Å²) < 4.78 is 0. The monoisotopic (exact) mass is 272 g/mol. The average Bonchev–Trinajstić information content (AvgIpc) is 2.37. The van der Waals surface area contributed by atoms with Gasteiger partial charge in [-0.05, 0) is 18.1 Å². The van der Waals surface area contributed by atoms with Crippen LogP contribution in [-0.4, -0.2) is 48.1 Å². The normalized spacial score (nSPS) is 29.5. The Morgan fingerprint density at radius 2 is 1.94 bits per heavy atom. The zero-order valence-corrected chi connectivity index (χ0v) is 13.9. The van der Waals surface area contributed by atoms with Crippen LogP contribution >= 0.6 is 11.8 Å².